The van der Waals surface area contributed by atoms with Crippen molar-refractivity contribution in [1.29, 1.82) is 0 Å². The van der Waals surface area contributed by atoms with Crippen molar-refractivity contribution >= 4 is 28.3 Å². The van der Waals surface area contributed by atoms with Gasteiger partial charge in [-0.05, 0) is 37.5 Å². The summed E-state index contributed by atoms with van der Waals surface area (Å²) in [5, 5.41) is 6.49. The molecule has 2 unspecified atom stereocenters. The molecule has 0 saturated carbocycles. The molecule has 0 fully saturated rings. The largest absolute Gasteiger partial charge is 0.349 e. The van der Waals surface area contributed by atoms with Crippen LogP contribution >= 0.6 is 11.3 Å². The number of aromatic nitrogens is 1. The fourth-order valence-corrected chi connectivity index (χ4v) is 4.47. The molecule has 0 radical (unpaired) electrons. The Morgan fingerprint density at radius 2 is 1.75 bits per heavy atom. The van der Waals surface area contributed by atoms with E-state index in [0.717, 1.165) is 29.0 Å². The predicted octanol–water partition coefficient (Wildman–Crippen LogP) is 4.30. The zero-order chi connectivity index (χ0) is 19.5. The normalized spacial score (nSPS) is 16.2. The van der Waals surface area contributed by atoms with Crippen LogP contribution in [0.1, 0.15) is 51.8 Å². The maximum Gasteiger partial charge on any atom is 0.257 e. The van der Waals surface area contributed by atoms with E-state index >= 15 is 0 Å². The Bertz CT molecular complexity index is 986. The Kier molecular flexibility index (Phi) is 5.21. The van der Waals surface area contributed by atoms with Gasteiger partial charge in [0, 0.05) is 10.4 Å². The van der Waals surface area contributed by atoms with Crippen molar-refractivity contribution in [3.63, 3.8) is 0 Å². The molecule has 2 aromatic carbocycles. The number of amides is 2. The molecule has 6 heteroatoms. The van der Waals surface area contributed by atoms with Crippen LogP contribution in [0.3, 0.4) is 0 Å². The van der Waals surface area contributed by atoms with Crippen molar-refractivity contribution in [2.45, 2.75) is 31.7 Å². The van der Waals surface area contributed by atoms with Crippen molar-refractivity contribution in [1.82, 2.24) is 10.3 Å². The molecule has 2 atom stereocenters. The first-order valence-electron chi connectivity index (χ1n) is 9.33. The van der Waals surface area contributed by atoms with Gasteiger partial charge in [0.25, 0.3) is 5.91 Å². The topological polar surface area (TPSA) is 71.1 Å². The van der Waals surface area contributed by atoms with E-state index in [1.807, 2.05) is 55.5 Å². The molecule has 1 aliphatic carbocycles. The monoisotopic (exact) mass is 391 g/mol. The van der Waals surface area contributed by atoms with Gasteiger partial charge in [-0.25, -0.2) is 4.98 Å². The number of hydrogen-bond donors (Lipinski definition) is 2. The second kappa shape index (κ2) is 7.94. The number of fused-ring (bicyclic) bond motifs is 1. The molecular formula is C22H21N3O2S. The molecule has 1 aliphatic rings. The van der Waals surface area contributed by atoms with Crippen LogP contribution in [0, 0.1) is 0 Å². The lowest BCUT2D eigenvalue weighted by molar-refractivity contribution is -0.123. The number of hydrogen-bond acceptors (Lipinski definition) is 4. The molecular weight excluding hydrogens is 370 g/mol. The molecule has 3 aromatic rings. The summed E-state index contributed by atoms with van der Waals surface area (Å²) in [5.74, 6) is -0.465. The van der Waals surface area contributed by atoms with Crippen LogP contribution in [-0.2, 0) is 11.2 Å². The van der Waals surface area contributed by atoms with Crippen LogP contribution in [0.5, 0.6) is 0 Å². The molecule has 2 amide bonds. The number of nitrogens with one attached hydrogen (secondary N) is 2. The molecule has 0 aliphatic heterocycles. The third kappa shape index (κ3) is 3.82. The summed E-state index contributed by atoms with van der Waals surface area (Å²) in [6.45, 7) is 1.98. The zero-order valence-electron chi connectivity index (χ0n) is 15.5. The van der Waals surface area contributed by atoms with E-state index in [-0.39, 0.29) is 23.8 Å². The van der Waals surface area contributed by atoms with Gasteiger partial charge < -0.3 is 5.32 Å². The lowest BCUT2D eigenvalue weighted by Gasteiger charge is -2.17. The quantitative estimate of drug-likeness (QED) is 0.681. The SMILES string of the molecule is CC(NC(=O)C1CCc2sc(NC(=O)c3ccccc3)nc21)c1ccccc1. The van der Waals surface area contributed by atoms with Crippen LogP contribution in [0.4, 0.5) is 5.13 Å². The second-order valence-electron chi connectivity index (χ2n) is 6.88. The minimum atomic E-state index is -0.264. The van der Waals surface area contributed by atoms with Crippen LogP contribution in [-0.4, -0.2) is 16.8 Å². The summed E-state index contributed by atoms with van der Waals surface area (Å²) < 4.78 is 0. The van der Waals surface area contributed by atoms with E-state index in [9.17, 15) is 9.59 Å². The summed E-state index contributed by atoms with van der Waals surface area (Å²) in [7, 11) is 0. The molecule has 0 spiro atoms. The molecule has 1 heterocycles. The van der Waals surface area contributed by atoms with Gasteiger partial charge in [-0.3, -0.25) is 14.9 Å². The third-order valence-corrected chi connectivity index (χ3v) is 6.00. The first kappa shape index (κ1) is 18.4. The fourth-order valence-electron chi connectivity index (χ4n) is 3.43. The maximum absolute atomic E-state index is 12.8. The first-order valence-corrected chi connectivity index (χ1v) is 10.1. The highest BCUT2D eigenvalue weighted by Gasteiger charge is 2.33. The van der Waals surface area contributed by atoms with E-state index in [4.69, 9.17) is 0 Å². The van der Waals surface area contributed by atoms with Gasteiger partial charge in [-0.1, -0.05) is 48.5 Å². The highest BCUT2D eigenvalue weighted by atomic mass is 32.1. The highest BCUT2D eigenvalue weighted by Crippen LogP contribution is 2.38. The average molecular weight is 391 g/mol. The smallest absolute Gasteiger partial charge is 0.257 e. The number of rotatable bonds is 5. The maximum atomic E-state index is 12.8. The Labute approximate surface area is 167 Å². The van der Waals surface area contributed by atoms with Gasteiger partial charge in [0.15, 0.2) is 5.13 Å². The van der Waals surface area contributed by atoms with Crippen LogP contribution in [0.2, 0.25) is 0 Å². The van der Waals surface area contributed by atoms with Crippen LogP contribution in [0.25, 0.3) is 0 Å². The molecule has 142 valence electrons. The Morgan fingerprint density at radius 3 is 2.46 bits per heavy atom. The Balaban J connectivity index is 1.44. The molecule has 28 heavy (non-hydrogen) atoms. The number of thiazole rings is 1. The van der Waals surface area contributed by atoms with Gasteiger partial charge in [0.1, 0.15) is 0 Å². The fraction of sp³-hybridized carbons (Fsp3) is 0.227. The summed E-state index contributed by atoms with van der Waals surface area (Å²) in [6.07, 6.45) is 1.57. The van der Waals surface area contributed by atoms with Crippen molar-refractivity contribution in [2.75, 3.05) is 5.32 Å². The lowest BCUT2D eigenvalue weighted by atomic mass is 10.0. The lowest BCUT2D eigenvalue weighted by Crippen LogP contribution is -2.31. The van der Waals surface area contributed by atoms with E-state index in [1.54, 1.807) is 12.1 Å². The minimum Gasteiger partial charge on any atom is -0.349 e. The number of carbonyl (C=O) groups is 2. The van der Waals surface area contributed by atoms with Crippen molar-refractivity contribution in [3.8, 4) is 0 Å². The van der Waals surface area contributed by atoms with E-state index < -0.39 is 0 Å². The van der Waals surface area contributed by atoms with Crippen LogP contribution < -0.4 is 10.6 Å². The predicted molar refractivity (Wildman–Crippen MR) is 111 cm³/mol. The second-order valence-corrected chi connectivity index (χ2v) is 7.96. The first-order chi connectivity index (χ1) is 13.6. The summed E-state index contributed by atoms with van der Waals surface area (Å²) in [6, 6.07) is 18.9. The van der Waals surface area contributed by atoms with Crippen molar-refractivity contribution in [2.24, 2.45) is 0 Å². The molecule has 4 rings (SSSR count). The summed E-state index contributed by atoms with van der Waals surface area (Å²) >= 11 is 1.46. The van der Waals surface area contributed by atoms with E-state index in [0.29, 0.717) is 10.7 Å². The summed E-state index contributed by atoms with van der Waals surface area (Å²) in [4.78, 5) is 30.8. The Hall–Kier alpha value is -2.99. The molecule has 0 bridgehead atoms. The Morgan fingerprint density at radius 1 is 1.07 bits per heavy atom. The van der Waals surface area contributed by atoms with Crippen molar-refractivity contribution in [3.05, 3.63) is 82.4 Å². The highest BCUT2D eigenvalue weighted by molar-refractivity contribution is 7.16. The summed E-state index contributed by atoms with van der Waals surface area (Å²) in [5.41, 5.74) is 2.46. The van der Waals surface area contributed by atoms with Gasteiger partial charge in [-0.2, -0.15) is 0 Å². The molecule has 1 aromatic heterocycles. The zero-order valence-corrected chi connectivity index (χ0v) is 16.3. The standard InChI is InChI=1S/C22H21N3O2S/c1-14(15-8-4-2-5-9-15)23-21(27)17-12-13-18-19(17)24-22(28-18)25-20(26)16-10-6-3-7-11-16/h2-11,14,17H,12-13H2,1H3,(H,23,27)(H,24,25,26). The molecule has 0 saturated heterocycles. The average Bonchev–Trinajstić information content (AvgIpc) is 3.29. The van der Waals surface area contributed by atoms with Gasteiger partial charge in [-0.15, -0.1) is 11.3 Å². The van der Waals surface area contributed by atoms with Gasteiger partial charge in [0.2, 0.25) is 5.91 Å². The third-order valence-electron chi connectivity index (χ3n) is 4.95. The number of nitrogens with zero attached hydrogens (tertiary/aromatic N) is 1. The van der Waals surface area contributed by atoms with Gasteiger partial charge in [0.05, 0.1) is 17.7 Å². The molecule has 5 nitrogen and oxygen atoms in total. The van der Waals surface area contributed by atoms with Crippen molar-refractivity contribution < 1.29 is 9.59 Å². The minimum absolute atomic E-state index is 0.0126. The number of aryl methyl sites for hydroxylation is 1. The molecule has 2 N–H and O–H groups in total. The van der Waals surface area contributed by atoms with Crippen LogP contribution in [0.15, 0.2) is 60.7 Å². The number of benzene rings is 2. The van der Waals surface area contributed by atoms with E-state index in [1.165, 1.54) is 11.3 Å². The number of anilines is 1. The van der Waals surface area contributed by atoms with Gasteiger partial charge >= 0.3 is 0 Å². The number of carbonyl (C=O) groups excluding carboxylic acids is 2. The van der Waals surface area contributed by atoms with E-state index in [2.05, 4.69) is 15.6 Å².